The third-order valence-corrected chi connectivity index (χ3v) is 5.20. The average molecular weight is 374 g/mol. The zero-order valence-corrected chi connectivity index (χ0v) is 14.6. The van der Waals surface area contributed by atoms with E-state index in [2.05, 4.69) is 4.99 Å². The van der Waals surface area contributed by atoms with E-state index in [0.717, 1.165) is 11.3 Å². The smallest absolute Gasteiger partial charge is 0.280 e. The highest BCUT2D eigenvalue weighted by Crippen LogP contribution is 2.31. The van der Waals surface area contributed by atoms with E-state index in [0.29, 0.717) is 28.4 Å². The minimum Gasteiger partial charge on any atom is -0.343 e. The predicted molar refractivity (Wildman–Crippen MR) is 99.9 cm³/mol. The van der Waals surface area contributed by atoms with Crippen LogP contribution in [-0.4, -0.2) is 28.5 Å². The Morgan fingerprint density at radius 2 is 1.84 bits per heavy atom. The number of amidine groups is 1. The van der Waals surface area contributed by atoms with Gasteiger partial charge in [-0.1, -0.05) is 35.5 Å². The zero-order chi connectivity index (χ0) is 17.4. The summed E-state index contributed by atoms with van der Waals surface area (Å²) in [6.07, 6.45) is 1.76. The van der Waals surface area contributed by atoms with Crippen LogP contribution in [0.4, 0.5) is 10.1 Å². The lowest BCUT2D eigenvalue weighted by atomic mass is 10.2. The number of hydrogen-bond donors (Lipinski definition) is 0. The van der Waals surface area contributed by atoms with Gasteiger partial charge in [-0.2, -0.15) is 0 Å². The van der Waals surface area contributed by atoms with Gasteiger partial charge in [0, 0.05) is 10.7 Å². The topological polar surface area (TPSA) is 35.9 Å². The molecule has 0 unspecified atom stereocenters. The van der Waals surface area contributed by atoms with Crippen LogP contribution in [0, 0.1) is 5.82 Å². The van der Waals surface area contributed by atoms with Crippen molar-refractivity contribution in [2.75, 3.05) is 17.4 Å². The molecule has 0 aromatic heterocycles. The lowest BCUT2D eigenvalue weighted by Crippen LogP contribution is -2.46. The Balaban J connectivity index is 1.55. The quantitative estimate of drug-likeness (QED) is 0.741. The van der Waals surface area contributed by atoms with E-state index in [1.807, 2.05) is 17.0 Å². The Morgan fingerprint density at radius 3 is 2.56 bits per heavy atom. The zero-order valence-electron chi connectivity index (χ0n) is 13.0. The highest BCUT2D eigenvalue weighted by molar-refractivity contribution is 8.14. The molecular formula is C18H13ClFN3OS. The first-order valence-electron chi connectivity index (χ1n) is 7.61. The number of aliphatic imine (C=N–C) groups is 1. The van der Waals surface area contributed by atoms with Gasteiger partial charge in [-0.15, -0.1) is 0 Å². The molecule has 2 aliphatic rings. The minimum absolute atomic E-state index is 0.135. The van der Waals surface area contributed by atoms with Crippen LogP contribution in [0.1, 0.15) is 5.56 Å². The molecule has 1 saturated heterocycles. The molecule has 7 heteroatoms. The maximum Gasteiger partial charge on any atom is 0.280 e. The number of benzene rings is 2. The molecule has 0 aliphatic carbocycles. The molecule has 2 aliphatic heterocycles. The van der Waals surface area contributed by atoms with Gasteiger partial charge in [0.25, 0.3) is 5.91 Å². The SMILES string of the molecule is O=C1/C(=C/c2ccc(Cl)cc2)N=C2SCN(c3ccc(F)cc3)CN12. The average Bonchev–Trinajstić information content (AvgIpc) is 2.93. The maximum absolute atomic E-state index is 13.1. The van der Waals surface area contributed by atoms with Crippen molar-refractivity contribution in [1.82, 2.24) is 4.90 Å². The molecule has 4 nitrogen and oxygen atoms in total. The molecule has 126 valence electrons. The first-order valence-corrected chi connectivity index (χ1v) is 8.98. The Bertz CT molecular complexity index is 880. The summed E-state index contributed by atoms with van der Waals surface area (Å²) in [5, 5.41) is 1.35. The third kappa shape index (κ3) is 3.27. The van der Waals surface area contributed by atoms with Crippen molar-refractivity contribution in [2.24, 2.45) is 4.99 Å². The molecular weight excluding hydrogens is 361 g/mol. The Labute approximate surface area is 153 Å². The summed E-state index contributed by atoms with van der Waals surface area (Å²) < 4.78 is 13.1. The standard InChI is InChI=1S/C18H13ClFN3OS/c19-13-3-1-12(2-4-13)9-16-17(24)23-10-22(11-25-18(23)21-16)15-7-5-14(20)6-8-15/h1-9H,10-11H2/b16-9-. The Kier molecular flexibility index (Phi) is 4.23. The monoisotopic (exact) mass is 373 g/mol. The van der Waals surface area contributed by atoms with Gasteiger partial charge in [0.15, 0.2) is 5.17 Å². The summed E-state index contributed by atoms with van der Waals surface area (Å²) in [5.41, 5.74) is 2.15. The number of rotatable bonds is 2. The van der Waals surface area contributed by atoms with E-state index in [-0.39, 0.29) is 11.7 Å². The molecule has 2 aromatic carbocycles. The number of anilines is 1. The summed E-state index contributed by atoms with van der Waals surface area (Å²) >= 11 is 7.37. The molecule has 0 bridgehead atoms. The van der Waals surface area contributed by atoms with Crippen molar-refractivity contribution in [1.29, 1.82) is 0 Å². The van der Waals surface area contributed by atoms with E-state index in [9.17, 15) is 9.18 Å². The second-order valence-corrected chi connectivity index (χ2v) is 6.99. The number of fused-ring (bicyclic) bond motifs is 1. The summed E-state index contributed by atoms with van der Waals surface area (Å²) in [5.74, 6) is 0.244. The van der Waals surface area contributed by atoms with E-state index in [4.69, 9.17) is 11.6 Å². The summed E-state index contributed by atoms with van der Waals surface area (Å²) in [4.78, 5) is 20.8. The van der Waals surface area contributed by atoms with Gasteiger partial charge in [0.2, 0.25) is 0 Å². The number of halogens is 2. The van der Waals surface area contributed by atoms with Gasteiger partial charge in [0.05, 0.1) is 5.88 Å². The molecule has 0 saturated carbocycles. The van der Waals surface area contributed by atoms with Crippen LogP contribution in [0.5, 0.6) is 0 Å². The van der Waals surface area contributed by atoms with Gasteiger partial charge in [-0.25, -0.2) is 9.38 Å². The normalized spacial score (nSPS) is 18.6. The third-order valence-electron chi connectivity index (χ3n) is 3.94. The number of thioether (sulfide) groups is 1. The fraction of sp³-hybridized carbons (Fsp3) is 0.111. The molecule has 2 heterocycles. The van der Waals surface area contributed by atoms with E-state index in [1.165, 1.54) is 23.9 Å². The number of hydrogen-bond acceptors (Lipinski definition) is 4. The van der Waals surface area contributed by atoms with Crippen molar-refractivity contribution in [3.63, 3.8) is 0 Å². The van der Waals surface area contributed by atoms with Crippen molar-refractivity contribution in [3.05, 3.63) is 70.6 Å². The van der Waals surface area contributed by atoms with Gasteiger partial charge in [0.1, 0.15) is 18.2 Å². The number of nitrogens with zero attached hydrogens (tertiary/aromatic N) is 3. The molecule has 25 heavy (non-hydrogen) atoms. The molecule has 1 amide bonds. The van der Waals surface area contributed by atoms with Crippen LogP contribution in [0.2, 0.25) is 5.02 Å². The molecule has 2 aromatic rings. The fourth-order valence-corrected chi connectivity index (χ4v) is 3.72. The first-order chi connectivity index (χ1) is 12.1. The number of carbonyl (C=O) groups is 1. The van der Waals surface area contributed by atoms with E-state index >= 15 is 0 Å². The molecule has 0 spiro atoms. The fourth-order valence-electron chi connectivity index (χ4n) is 2.64. The van der Waals surface area contributed by atoms with Gasteiger partial charge >= 0.3 is 0 Å². The van der Waals surface area contributed by atoms with Crippen LogP contribution < -0.4 is 4.90 Å². The maximum atomic E-state index is 13.1. The molecule has 4 rings (SSSR count). The van der Waals surface area contributed by atoms with E-state index in [1.54, 1.807) is 35.2 Å². The minimum atomic E-state index is -0.277. The van der Waals surface area contributed by atoms with Crippen molar-refractivity contribution >= 4 is 46.2 Å². The molecule has 0 radical (unpaired) electrons. The number of amides is 1. The molecule has 0 N–H and O–H groups in total. The van der Waals surface area contributed by atoms with Crippen LogP contribution in [-0.2, 0) is 4.79 Å². The van der Waals surface area contributed by atoms with Crippen LogP contribution >= 0.6 is 23.4 Å². The van der Waals surface area contributed by atoms with Crippen LogP contribution in [0.3, 0.4) is 0 Å². The van der Waals surface area contributed by atoms with Gasteiger partial charge < -0.3 is 4.90 Å². The van der Waals surface area contributed by atoms with Crippen molar-refractivity contribution in [2.45, 2.75) is 0 Å². The Hall–Kier alpha value is -2.31. The number of carbonyl (C=O) groups excluding carboxylic acids is 1. The van der Waals surface area contributed by atoms with Gasteiger partial charge in [-0.3, -0.25) is 9.69 Å². The molecule has 0 atom stereocenters. The second kappa shape index (κ2) is 6.54. The Morgan fingerprint density at radius 1 is 1.12 bits per heavy atom. The summed E-state index contributed by atoms with van der Waals surface area (Å²) in [7, 11) is 0. The molecule has 1 fully saturated rings. The second-order valence-electron chi connectivity index (χ2n) is 5.64. The van der Waals surface area contributed by atoms with Crippen molar-refractivity contribution < 1.29 is 9.18 Å². The van der Waals surface area contributed by atoms with Crippen molar-refractivity contribution in [3.8, 4) is 0 Å². The first kappa shape index (κ1) is 16.2. The lowest BCUT2D eigenvalue weighted by Gasteiger charge is -2.34. The van der Waals surface area contributed by atoms with Gasteiger partial charge in [-0.05, 0) is 48.0 Å². The highest BCUT2D eigenvalue weighted by Gasteiger charge is 2.35. The lowest BCUT2D eigenvalue weighted by molar-refractivity contribution is -0.122. The van der Waals surface area contributed by atoms with Crippen LogP contribution in [0.25, 0.3) is 6.08 Å². The largest absolute Gasteiger partial charge is 0.343 e. The summed E-state index contributed by atoms with van der Waals surface area (Å²) in [6, 6.07) is 13.5. The summed E-state index contributed by atoms with van der Waals surface area (Å²) in [6.45, 7) is 0.397. The highest BCUT2D eigenvalue weighted by atomic mass is 35.5. The predicted octanol–water partition coefficient (Wildman–Crippen LogP) is 4.19. The van der Waals surface area contributed by atoms with Crippen LogP contribution in [0.15, 0.2) is 59.2 Å². The van der Waals surface area contributed by atoms with E-state index < -0.39 is 0 Å².